The summed E-state index contributed by atoms with van der Waals surface area (Å²) in [4.78, 5) is 11.8. The van der Waals surface area contributed by atoms with Crippen molar-refractivity contribution in [1.29, 1.82) is 0 Å². The topological polar surface area (TPSA) is 26.9 Å². The van der Waals surface area contributed by atoms with Gasteiger partial charge in [0.15, 0.2) is 0 Å². The van der Waals surface area contributed by atoms with Crippen molar-refractivity contribution in [3.8, 4) is 0 Å². The van der Waals surface area contributed by atoms with Crippen LogP contribution in [0.5, 0.6) is 0 Å². The van der Waals surface area contributed by atoms with E-state index in [0.29, 0.717) is 5.92 Å². The molecule has 1 aromatic heterocycles. The van der Waals surface area contributed by atoms with Crippen LogP contribution in [0.2, 0.25) is 0 Å². The zero-order valence-corrected chi connectivity index (χ0v) is 9.03. The molecule has 0 bridgehead atoms. The second-order valence-corrected chi connectivity index (χ2v) is 4.06. The fourth-order valence-electron chi connectivity index (χ4n) is 1.59. The number of hydrogen-bond acceptors (Lipinski definition) is 1. The fourth-order valence-corrected chi connectivity index (χ4v) is 1.59. The molecule has 0 saturated heterocycles. The van der Waals surface area contributed by atoms with Crippen LogP contribution >= 0.6 is 0 Å². The largest absolute Gasteiger partial charge is 0.292 e. The Hall–Kier alpha value is -0.990. The molecule has 0 spiro atoms. The first-order chi connectivity index (χ1) is 5.95. The summed E-state index contributed by atoms with van der Waals surface area (Å²) in [5.41, 5.74) is 1.05. The van der Waals surface area contributed by atoms with E-state index in [1.54, 1.807) is 4.68 Å². The van der Waals surface area contributed by atoms with E-state index in [1.165, 1.54) is 0 Å². The molecule has 0 N–H and O–H groups in total. The van der Waals surface area contributed by atoms with Crippen molar-refractivity contribution >= 4 is 0 Å². The molecule has 0 aliphatic carbocycles. The van der Waals surface area contributed by atoms with Gasteiger partial charge in [-0.3, -0.25) is 9.48 Å². The van der Waals surface area contributed by atoms with Gasteiger partial charge in [0.05, 0.1) is 0 Å². The molecule has 0 aromatic carbocycles. The van der Waals surface area contributed by atoms with Gasteiger partial charge in [-0.1, -0.05) is 13.8 Å². The van der Waals surface area contributed by atoms with Crippen molar-refractivity contribution in [2.24, 2.45) is 7.05 Å². The summed E-state index contributed by atoms with van der Waals surface area (Å²) in [6, 6.07) is 0.227. The second kappa shape index (κ2) is 3.40. The van der Waals surface area contributed by atoms with Crippen LogP contribution in [0, 0.1) is 0 Å². The van der Waals surface area contributed by atoms with Crippen LogP contribution in [0.4, 0.5) is 0 Å². The Kier molecular flexibility index (Phi) is 2.64. The molecule has 1 heterocycles. The molecule has 0 amide bonds. The van der Waals surface area contributed by atoms with Crippen molar-refractivity contribution < 1.29 is 0 Å². The molecule has 0 fully saturated rings. The van der Waals surface area contributed by atoms with E-state index in [9.17, 15) is 4.79 Å². The summed E-state index contributed by atoms with van der Waals surface area (Å²) in [5.74, 6) is 0.304. The zero-order chi connectivity index (χ0) is 10.2. The third-order valence-corrected chi connectivity index (χ3v) is 2.23. The number of aryl methyl sites for hydroxylation is 1. The van der Waals surface area contributed by atoms with Gasteiger partial charge in [0.2, 0.25) is 0 Å². The van der Waals surface area contributed by atoms with Crippen molar-refractivity contribution in [2.75, 3.05) is 0 Å². The quantitative estimate of drug-likeness (QED) is 0.686. The Morgan fingerprint density at radius 2 is 1.77 bits per heavy atom. The minimum absolute atomic E-state index is 0.146. The Morgan fingerprint density at radius 1 is 1.23 bits per heavy atom. The summed E-state index contributed by atoms with van der Waals surface area (Å²) in [7, 11) is 1.91. The molecule has 0 radical (unpaired) electrons. The van der Waals surface area contributed by atoms with Crippen molar-refractivity contribution in [3.63, 3.8) is 0 Å². The third-order valence-electron chi connectivity index (χ3n) is 2.23. The molecule has 74 valence electrons. The maximum Gasteiger partial charge on any atom is 0.270 e. The van der Waals surface area contributed by atoms with Crippen LogP contribution in [0.15, 0.2) is 11.0 Å². The minimum atomic E-state index is 0.146. The lowest BCUT2D eigenvalue weighted by atomic mass is 10.1. The molecule has 0 unspecified atom stereocenters. The summed E-state index contributed by atoms with van der Waals surface area (Å²) in [5, 5.41) is 0. The van der Waals surface area contributed by atoms with Gasteiger partial charge in [0.1, 0.15) is 0 Å². The van der Waals surface area contributed by atoms with Gasteiger partial charge in [-0.05, 0) is 19.8 Å². The molecule has 13 heavy (non-hydrogen) atoms. The molecular formula is C10H18N2O. The molecule has 0 saturated carbocycles. The summed E-state index contributed by atoms with van der Waals surface area (Å²) in [6.07, 6.45) is 1.92. The number of aromatic nitrogens is 2. The molecule has 0 aliphatic heterocycles. The van der Waals surface area contributed by atoms with E-state index in [1.807, 2.05) is 45.6 Å². The van der Waals surface area contributed by atoms with Crippen molar-refractivity contribution in [3.05, 3.63) is 22.1 Å². The molecular weight excluding hydrogens is 164 g/mol. The standard InChI is InChI=1S/C10H18N2O/c1-7(2)9-6-11(5)12(8(3)4)10(9)13/h6-8H,1-5H3. The lowest BCUT2D eigenvalue weighted by molar-refractivity contribution is 0.438. The molecule has 1 aromatic rings. The first kappa shape index (κ1) is 10.1. The van der Waals surface area contributed by atoms with Gasteiger partial charge < -0.3 is 0 Å². The molecule has 3 heteroatoms. The molecule has 3 nitrogen and oxygen atoms in total. The predicted octanol–water partition coefficient (Wildman–Crippen LogP) is 1.89. The highest BCUT2D eigenvalue weighted by Gasteiger charge is 2.13. The van der Waals surface area contributed by atoms with Gasteiger partial charge in [-0.2, -0.15) is 0 Å². The summed E-state index contributed by atoms with van der Waals surface area (Å²) < 4.78 is 3.65. The monoisotopic (exact) mass is 182 g/mol. The van der Waals surface area contributed by atoms with E-state index in [0.717, 1.165) is 5.56 Å². The number of rotatable bonds is 2. The van der Waals surface area contributed by atoms with Crippen LogP contribution < -0.4 is 5.56 Å². The first-order valence-corrected chi connectivity index (χ1v) is 4.73. The second-order valence-electron chi connectivity index (χ2n) is 4.06. The van der Waals surface area contributed by atoms with Crippen LogP contribution in [0.1, 0.15) is 45.2 Å². The Bertz CT molecular complexity index is 344. The van der Waals surface area contributed by atoms with Crippen molar-refractivity contribution in [2.45, 2.75) is 39.7 Å². The third kappa shape index (κ3) is 1.69. The van der Waals surface area contributed by atoms with Gasteiger partial charge in [0, 0.05) is 24.8 Å². The number of nitrogens with zero attached hydrogens (tertiary/aromatic N) is 2. The van der Waals surface area contributed by atoms with Crippen LogP contribution in [0.25, 0.3) is 0 Å². The SMILES string of the molecule is CC(C)c1cn(C)n(C(C)C)c1=O. The highest BCUT2D eigenvalue weighted by Crippen LogP contribution is 2.11. The van der Waals surface area contributed by atoms with E-state index in [-0.39, 0.29) is 11.6 Å². The fraction of sp³-hybridized carbons (Fsp3) is 0.700. The summed E-state index contributed by atoms with van der Waals surface area (Å²) >= 11 is 0. The molecule has 1 rings (SSSR count). The lowest BCUT2D eigenvalue weighted by Gasteiger charge is -2.09. The van der Waals surface area contributed by atoms with Gasteiger partial charge >= 0.3 is 0 Å². The average Bonchev–Trinajstić information content (AvgIpc) is 2.26. The van der Waals surface area contributed by atoms with E-state index in [4.69, 9.17) is 0 Å². The van der Waals surface area contributed by atoms with E-state index >= 15 is 0 Å². The zero-order valence-electron chi connectivity index (χ0n) is 9.03. The smallest absolute Gasteiger partial charge is 0.270 e. The Labute approximate surface area is 79.0 Å². The lowest BCUT2D eigenvalue weighted by Crippen LogP contribution is -2.24. The van der Waals surface area contributed by atoms with Crippen LogP contribution in [-0.4, -0.2) is 9.36 Å². The minimum Gasteiger partial charge on any atom is -0.292 e. The summed E-state index contributed by atoms with van der Waals surface area (Å²) in [6.45, 7) is 8.12. The number of hydrogen-bond donors (Lipinski definition) is 0. The van der Waals surface area contributed by atoms with Crippen LogP contribution in [-0.2, 0) is 7.05 Å². The normalized spacial score (nSPS) is 11.6. The highest BCUT2D eigenvalue weighted by molar-refractivity contribution is 5.10. The van der Waals surface area contributed by atoms with Gasteiger partial charge in [-0.25, -0.2) is 4.68 Å². The Balaban J connectivity index is 3.31. The molecule has 0 aliphatic rings. The van der Waals surface area contributed by atoms with E-state index < -0.39 is 0 Å². The van der Waals surface area contributed by atoms with E-state index in [2.05, 4.69) is 0 Å². The first-order valence-electron chi connectivity index (χ1n) is 4.73. The molecule has 0 atom stereocenters. The van der Waals surface area contributed by atoms with Crippen molar-refractivity contribution in [1.82, 2.24) is 9.36 Å². The maximum atomic E-state index is 11.8. The highest BCUT2D eigenvalue weighted by atomic mass is 16.1. The predicted molar refractivity (Wildman–Crippen MR) is 54.1 cm³/mol. The van der Waals surface area contributed by atoms with Gasteiger partial charge in [-0.15, -0.1) is 0 Å². The Morgan fingerprint density at radius 3 is 2.00 bits per heavy atom. The average molecular weight is 182 g/mol. The van der Waals surface area contributed by atoms with Gasteiger partial charge in [0.25, 0.3) is 5.56 Å². The van der Waals surface area contributed by atoms with Crippen LogP contribution in [0.3, 0.4) is 0 Å². The maximum absolute atomic E-state index is 11.8.